The van der Waals surface area contributed by atoms with Gasteiger partial charge in [-0.15, -0.1) is 0 Å². The van der Waals surface area contributed by atoms with E-state index in [4.69, 9.17) is 23.2 Å². The normalized spacial score (nSPS) is 11.3. The molecule has 0 radical (unpaired) electrons. The molecule has 0 aliphatic carbocycles. The summed E-state index contributed by atoms with van der Waals surface area (Å²) < 4.78 is 23.2. The average molecular weight is 372 g/mol. The number of hydrogen-bond donors (Lipinski definition) is 0. The van der Waals surface area contributed by atoms with E-state index in [1.807, 2.05) is 0 Å². The molecule has 0 heterocycles. The van der Waals surface area contributed by atoms with Gasteiger partial charge in [0.2, 0.25) is 0 Å². The Morgan fingerprint density at radius 2 is 1.78 bits per heavy atom. The van der Waals surface area contributed by atoms with Gasteiger partial charge in [0, 0.05) is 25.4 Å². The molecule has 7 heteroatoms. The summed E-state index contributed by atoms with van der Waals surface area (Å²) in [6.07, 6.45) is 1.11. The van der Waals surface area contributed by atoms with E-state index in [2.05, 4.69) is 0 Å². The molecule has 0 aromatic heterocycles. The van der Waals surface area contributed by atoms with Crippen molar-refractivity contribution in [1.29, 1.82) is 0 Å². The number of amides is 1. The smallest absolute Gasteiger partial charge is 0.253 e. The van der Waals surface area contributed by atoms with Crippen LogP contribution in [-0.2, 0) is 16.4 Å². The summed E-state index contributed by atoms with van der Waals surface area (Å²) >= 11 is 11.8. The van der Waals surface area contributed by atoms with Crippen LogP contribution in [0.5, 0.6) is 0 Å². The first-order chi connectivity index (χ1) is 10.7. The molecule has 2 aromatic carbocycles. The molecule has 0 N–H and O–H groups in total. The third kappa shape index (κ3) is 4.47. The monoisotopic (exact) mass is 371 g/mol. The zero-order valence-electron chi connectivity index (χ0n) is 12.6. The molecule has 0 unspecified atom stereocenters. The maximum atomic E-state index is 12.5. The Morgan fingerprint density at radius 3 is 2.39 bits per heavy atom. The Bertz CT molecular complexity index is 850. The largest absolute Gasteiger partial charge is 0.337 e. The second kappa shape index (κ2) is 6.91. The molecule has 0 bridgehead atoms. The summed E-state index contributed by atoms with van der Waals surface area (Å²) in [4.78, 5) is 14.1. The first-order valence-electron chi connectivity index (χ1n) is 6.68. The van der Waals surface area contributed by atoms with E-state index in [9.17, 15) is 13.2 Å². The van der Waals surface area contributed by atoms with Gasteiger partial charge in [0.15, 0.2) is 9.84 Å². The Kier molecular flexibility index (Phi) is 5.34. The Labute approximate surface area is 145 Å². The fourth-order valence-corrected chi connectivity index (χ4v) is 3.05. The number of hydrogen-bond acceptors (Lipinski definition) is 3. The molecule has 122 valence electrons. The van der Waals surface area contributed by atoms with Crippen molar-refractivity contribution in [3.8, 4) is 0 Å². The van der Waals surface area contributed by atoms with Crippen molar-refractivity contribution in [2.45, 2.75) is 11.4 Å². The van der Waals surface area contributed by atoms with E-state index < -0.39 is 9.84 Å². The standard InChI is InChI=1S/C16H15Cl2NO3S/c1-19(10-11-6-7-14(17)15(18)8-11)16(20)12-4-3-5-13(9-12)23(2,21)22/h3-9H,10H2,1-2H3. The maximum Gasteiger partial charge on any atom is 0.253 e. The molecule has 2 rings (SSSR count). The van der Waals surface area contributed by atoms with Gasteiger partial charge in [0.1, 0.15) is 0 Å². The van der Waals surface area contributed by atoms with E-state index >= 15 is 0 Å². The number of carbonyl (C=O) groups excluding carboxylic acids is 1. The van der Waals surface area contributed by atoms with Crippen molar-refractivity contribution in [2.75, 3.05) is 13.3 Å². The van der Waals surface area contributed by atoms with Crippen molar-refractivity contribution < 1.29 is 13.2 Å². The molecule has 0 aliphatic heterocycles. The molecule has 1 amide bonds. The topological polar surface area (TPSA) is 54.5 Å². The average Bonchev–Trinajstić information content (AvgIpc) is 2.49. The quantitative estimate of drug-likeness (QED) is 0.823. The molecule has 0 saturated heterocycles. The highest BCUT2D eigenvalue weighted by Gasteiger charge is 2.15. The molecule has 0 spiro atoms. The zero-order chi connectivity index (χ0) is 17.2. The Hall–Kier alpha value is -1.56. The minimum absolute atomic E-state index is 0.117. The highest BCUT2D eigenvalue weighted by molar-refractivity contribution is 7.90. The number of carbonyl (C=O) groups is 1. The van der Waals surface area contributed by atoms with Crippen molar-refractivity contribution >= 4 is 38.9 Å². The van der Waals surface area contributed by atoms with Crippen LogP contribution in [0.4, 0.5) is 0 Å². The van der Waals surface area contributed by atoms with Crippen LogP contribution >= 0.6 is 23.2 Å². The lowest BCUT2D eigenvalue weighted by molar-refractivity contribution is 0.0785. The third-order valence-electron chi connectivity index (χ3n) is 3.26. The fraction of sp³-hybridized carbons (Fsp3) is 0.188. The van der Waals surface area contributed by atoms with Crippen LogP contribution in [0.3, 0.4) is 0 Å². The van der Waals surface area contributed by atoms with Crippen molar-refractivity contribution in [2.24, 2.45) is 0 Å². The number of sulfone groups is 1. The molecular formula is C16H15Cl2NO3S. The molecule has 4 nitrogen and oxygen atoms in total. The lowest BCUT2D eigenvalue weighted by Gasteiger charge is -2.18. The van der Waals surface area contributed by atoms with Crippen molar-refractivity contribution in [3.05, 3.63) is 63.6 Å². The minimum Gasteiger partial charge on any atom is -0.337 e. The maximum absolute atomic E-state index is 12.5. The first-order valence-corrected chi connectivity index (χ1v) is 9.33. The lowest BCUT2D eigenvalue weighted by Crippen LogP contribution is -2.26. The Morgan fingerprint density at radius 1 is 1.09 bits per heavy atom. The summed E-state index contributed by atoms with van der Waals surface area (Å²) in [5.74, 6) is -0.276. The lowest BCUT2D eigenvalue weighted by atomic mass is 10.1. The molecule has 0 saturated carbocycles. The van der Waals surface area contributed by atoms with Crippen LogP contribution in [-0.4, -0.2) is 32.5 Å². The van der Waals surface area contributed by atoms with Gasteiger partial charge in [0.05, 0.1) is 14.9 Å². The van der Waals surface area contributed by atoms with Crippen molar-refractivity contribution in [1.82, 2.24) is 4.90 Å². The zero-order valence-corrected chi connectivity index (χ0v) is 14.9. The molecule has 0 aliphatic rings. The van der Waals surface area contributed by atoms with Crippen LogP contribution in [0.2, 0.25) is 10.0 Å². The minimum atomic E-state index is -3.36. The van der Waals surface area contributed by atoms with E-state index in [0.29, 0.717) is 22.2 Å². The predicted octanol–water partition coefficient (Wildman–Crippen LogP) is 3.67. The van der Waals surface area contributed by atoms with Gasteiger partial charge in [-0.05, 0) is 35.9 Å². The van der Waals surface area contributed by atoms with Gasteiger partial charge in [-0.3, -0.25) is 4.79 Å². The molecule has 0 atom stereocenters. The summed E-state index contributed by atoms with van der Waals surface area (Å²) in [6, 6.07) is 11.1. The van der Waals surface area contributed by atoms with Gasteiger partial charge in [-0.25, -0.2) is 8.42 Å². The number of rotatable bonds is 4. The van der Waals surface area contributed by atoms with Gasteiger partial charge >= 0.3 is 0 Å². The van der Waals surface area contributed by atoms with Crippen molar-refractivity contribution in [3.63, 3.8) is 0 Å². The summed E-state index contributed by atoms with van der Waals surface area (Å²) in [5, 5.41) is 0.870. The second-order valence-corrected chi connectivity index (χ2v) is 8.04. The highest BCUT2D eigenvalue weighted by atomic mass is 35.5. The van der Waals surface area contributed by atoms with Crippen LogP contribution in [0.1, 0.15) is 15.9 Å². The van der Waals surface area contributed by atoms with Crippen LogP contribution in [0.25, 0.3) is 0 Å². The second-order valence-electron chi connectivity index (χ2n) is 5.21. The van der Waals surface area contributed by atoms with Gasteiger partial charge in [0.25, 0.3) is 5.91 Å². The number of halogens is 2. The SMILES string of the molecule is CN(Cc1ccc(Cl)c(Cl)c1)C(=O)c1cccc(S(C)(=O)=O)c1. The fourth-order valence-electron chi connectivity index (χ4n) is 2.06. The summed E-state index contributed by atoms with van der Waals surface area (Å²) in [6.45, 7) is 0.332. The van der Waals surface area contributed by atoms with Crippen LogP contribution in [0, 0.1) is 0 Å². The van der Waals surface area contributed by atoms with E-state index in [1.54, 1.807) is 37.4 Å². The molecular weight excluding hydrogens is 357 g/mol. The van der Waals surface area contributed by atoms with Crippen LogP contribution in [0.15, 0.2) is 47.4 Å². The van der Waals surface area contributed by atoms with E-state index in [1.165, 1.54) is 17.0 Å². The van der Waals surface area contributed by atoms with Gasteiger partial charge in [-0.1, -0.05) is 35.3 Å². The summed E-state index contributed by atoms with van der Waals surface area (Å²) in [5.41, 5.74) is 1.14. The number of benzene rings is 2. The predicted molar refractivity (Wildman–Crippen MR) is 91.8 cm³/mol. The molecule has 23 heavy (non-hydrogen) atoms. The van der Waals surface area contributed by atoms with Crippen LogP contribution < -0.4 is 0 Å². The summed E-state index contributed by atoms with van der Waals surface area (Å²) in [7, 11) is -1.72. The van der Waals surface area contributed by atoms with Gasteiger partial charge in [-0.2, -0.15) is 0 Å². The van der Waals surface area contributed by atoms with E-state index in [-0.39, 0.29) is 10.8 Å². The first kappa shape index (κ1) is 17.8. The van der Waals surface area contributed by atoms with Gasteiger partial charge < -0.3 is 4.90 Å². The highest BCUT2D eigenvalue weighted by Crippen LogP contribution is 2.23. The van der Waals surface area contributed by atoms with E-state index in [0.717, 1.165) is 11.8 Å². The Balaban J connectivity index is 2.21. The molecule has 2 aromatic rings. The third-order valence-corrected chi connectivity index (χ3v) is 5.11. The number of nitrogens with zero attached hydrogens (tertiary/aromatic N) is 1. The molecule has 0 fully saturated rings.